The van der Waals surface area contributed by atoms with Crippen molar-refractivity contribution in [3.63, 3.8) is 0 Å². The molecule has 0 saturated heterocycles. The number of benzene rings is 1. The van der Waals surface area contributed by atoms with Crippen LogP contribution in [0.4, 0.5) is 0 Å². The summed E-state index contributed by atoms with van der Waals surface area (Å²) in [6, 6.07) is 7.72. The van der Waals surface area contributed by atoms with Gasteiger partial charge >= 0.3 is 11.9 Å². The Hall–Kier alpha value is -2.56. The maximum atomic E-state index is 12.3. The van der Waals surface area contributed by atoms with Crippen molar-refractivity contribution in [3.8, 4) is 0 Å². The molecule has 2 aromatic rings. The zero-order valence-corrected chi connectivity index (χ0v) is 13.9. The molecule has 1 N–H and O–H groups in total. The van der Waals surface area contributed by atoms with Crippen LogP contribution < -0.4 is 0 Å². The first-order valence-electron chi connectivity index (χ1n) is 7.53. The molecule has 0 spiro atoms. The Balaban J connectivity index is 2.16. The number of rotatable bonds is 5. The lowest BCUT2D eigenvalue weighted by Gasteiger charge is -2.07. The van der Waals surface area contributed by atoms with Crippen molar-refractivity contribution in [2.24, 2.45) is 0 Å². The number of aromatic nitrogens is 1. The molecule has 0 bridgehead atoms. The van der Waals surface area contributed by atoms with Crippen LogP contribution in [0, 0.1) is 20.8 Å². The maximum absolute atomic E-state index is 12.3. The highest BCUT2D eigenvalue weighted by Crippen LogP contribution is 2.20. The fourth-order valence-electron chi connectivity index (χ4n) is 2.45. The fourth-order valence-corrected chi connectivity index (χ4v) is 2.45. The summed E-state index contributed by atoms with van der Waals surface area (Å²) >= 11 is 0. The van der Waals surface area contributed by atoms with Crippen LogP contribution in [0.15, 0.2) is 24.3 Å². The molecule has 23 heavy (non-hydrogen) atoms. The molecular formula is C18H21NO4. The number of ether oxygens (including phenoxy) is 2. The van der Waals surface area contributed by atoms with E-state index in [0.717, 1.165) is 11.1 Å². The van der Waals surface area contributed by atoms with Crippen LogP contribution in [0.1, 0.15) is 50.2 Å². The lowest BCUT2D eigenvalue weighted by Crippen LogP contribution is -2.09. The van der Waals surface area contributed by atoms with E-state index in [2.05, 4.69) is 4.98 Å². The van der Waals surface area contributed by atoms with Crippen LogP contribution in [-0.2, 0) is 16.1 Å². The third-order valence-electron chi connectivity index (χ3n) is 3.74. The van der Waals surface area contributed by atoms with Crippen molar-refractivity contribution >= 4 is 11.9 Å². The summed E-state index contributed by atoms with van der Waals surface area (Å²) in [7, 11) is 0. The van der Waals surface area contributed by atoms with E-state index in [-0.39, 0.29) is 13.2 Å². The molecule has 0 aliphatic carbocycles. The molecule has 0 atom stereocenters. The van der Waals surface area contributed by atoms with E-state index in [0.29, 0.717) is 22.5 Å². The molecule has 0 unspecified atom stereocenters. The van der Waals surface area contributed by atoms with Crippen LogP contribution in [0.5, 0.6) is 0 Å². The van der Waals surface area contributed by atoms with Gasteiger partial charge in [0.05, 0.1) is 12.2 Å². The highest BCUT2D eigenvalue weighted by molar-refractivity contribution is 5.98. The number of carbonyl (C=O) groups excluding carboxylic acids is 2. The van der Waals surface area contributed by atoms with Crippen LogP contribution >= 0.6 is 0 Å². The fraction of sp³-hybridized carbons (Fsp3) is 0.333. The minimum absolute atomic E-state index is 0.192. The lowest BCUT2D eigenvalue weighted by molar-refractivity contribution is 0.0465. The van der Waals surface area contributed by atoms with Crippen LogP contribution in [0.2, 0.25) is 0 Å². The number of H-pyrrole nitrogens is 1. The van der Waals surface area contributed by atoms with Gasteiger partial charge in [-0.2, -0.15) is 0 Å². The summed E-state index contributed by atoms with van der Waals surface area (Å²) in [5.41, 5.74) is 3.85. The predicted octanol–water partition coefficient (Wildman–Crippen LogP) is 3.47. The van der Waals surface area contributed by atoms with E-state index in [9.17, 15) is 9.59 Å². The van der Waals surface area contributed by atoms with Gasteiger partial charge in [-0.25, -0.2) is 9.59 Å². The highest BCUT2D eigenvalue weighted by Gasteiger charge is 2.23. The summed E-state index contributed by atoms with van der Waals surface area (Å²) < 4.78 is 10.4. The minimum Gasteiger partial charge on any atom is -0.462 e. The first-order valence-corrected chi connectivity index (χ1v) is 7.53. The van der Waals surface area contributed by atoms with E-state index in [1.807, 2.05) is 31.2 Å². The molecule has 0 fully saturated rings. The van der Waals surface area contributed by atoms with Gasteiger partial charge in [-0.1, -0.05) is 24.3 Å². The Kier molecular flexibility index (Phi) is 5.21. The van der Waals surface area contributed by atoms with E-state index in [4.69, 9.17) is 9.47 Å². The van der Waals surface area contributed by atoms with E-state index >= 15 is 0 Å². The van der Waals surface area contributed by atoms with E-state index < -0.39 is 11.9 Å². The maximum Gasteiger partial charge on any atom is 0.355 e. The number of esters is 2. The Labute approximate surface area is 135 Å². The smallest absolute Gasteiger partial charge is 0.355 e. The lowest BCUT2D eigenvalue weighted by atomic mass is 10.1. The summed E-state index contributed by atoms with van der Waals surface area (Å²) in [5, 5.41) is 0. The molecule has 1 heterocycles. The van der Waals surface area contributed by atoms with Crippen molar-refractivity contribution in [1.29, 1.82) is 0 Å². The summed E-state index contributed by atoms with van der Waals surface area (Å²) in [6.45, 7) is 7.63. The molecule has 1 aromatic carbocycles. The first kappa shape index (κ1) is 16.8. The quantitative estimate of drug-likeness (QED) is 0.858. The van der Waals surface area contributed by atoms with Gasteiger partial charge in [-0.05, 0) is 44.4 Å². The second kappa shape index (κ2) is 7.13. The van der Waals surface area contributed by atoms with Crippen molar-refractivity contribution in [3.05, 3.63) is 57.9 Å². The molecule has 0 amide bonds. The predicted molar refractivity (Wildman–Crippen MR) is 86.5 cm³/mol. The average molecular weight is 315 g/mol. The van der Waals surface area contributed by atoms with E-state index in [1.54, 1.807) is 20.8 Å². The standard InChI is InChI=1S/C18H21NO4/c1-5-22-17(20)15-12(3)16(19-13(15)4)18(21)23-10-14-9-7-6-8-11(14)2/h6-9,19H,5,10H2,1-4H3. The third kappa shape index (κ3) is 3.62. The SMILES string of the molecule is CCOC(=O)c1c(C)[nH]c(C(=O)OCc2ccccc2C)c1C. The second-order valence-electron chi connectivity index (χ2n) is 5.35. The zero-order chi connectivity index (χ0) is 17.0. The Morgan fingerprint density at radius 1 is 1.04 bits per heavy atom. The van der Waals surface area contributed by atoms with Gasteiger partial charge in [0.25, 0.3) is 0 Å². The number of hydrogen-bond donors (Lipinski definition) is 1. The zero-order valence-electron chi connectivity index (χ0n) is 13.9. The number of carbonyl (C=O) groups is 2. The number of aryl methyl sites for hydroxylation is 2. The molecule has 5 heteroatoms. The third-order valence-corrected chi connectivity index (χ3v) is 3.74. The van der Waals surface area contributed by atoms with Crippen LogP contribution in [0.25, 0.3) is 0 Å². The number of nitrogens with one attached hydrogen (secondary N) is 1. The molecule has 0 saturated carbocycles. The topological polar surface area (TPSA) is 68.4 Å². The van der Waals surface area contributed by atoms with Crippen molar-refractivity contribution in [1.82, 2.24) is 4.98 Å². The monoisotopic (exact) mass is 315 g/mol. The Morgan fingerprint density at radius 2 is 1.74 bits per heavy atom. The van der Waals surface area contributed by atoms with Crippen molar-refractivity contribution < 1.29 is 19.1 Å². The summed E-state index contributed by atoms with van der Waals surface area (Å²) in [4.78, 5) is 27.2. The minimum atomic E-state index is -0.482. The van der Waals surface area contributed by atoms with Crippen molar-refractivity contribution in [2.75, 3.05) is 6.61 Å². The van der Waals surface area contributed by atoms with Gasteiger partial charge in [0.15, 0.2) is 0 Å². The van der Waals surface area contributed by atoms with Gasteiger partial charge in [-0.15, -0.1) is 0 Å². The van der Waals surface area contributed by atoms with Gasteiger partial charge in [0.1, 0.15) is 12.3 Å². The van der Waals surface area contributed by atoms with Gasteiger partial charge in [-0.3, -0.25) is 0 Å². The molecule has 1 aromatic heterocycles. The second-order valence-corrected chi connectivity index (χ2v) is 5.35. The first-order chi connectivity index (χ1) is 11.0. The molecule has 2 rings (SSSR count). The van der Waals surface area contributed by atoms with Crippen molar-refractivity contribution in [2.45, 2.75) is 34.3 Å². The van der Waals surface area contributed by atoms with E-state index in [1.165, 1.54) is 0 Å². The average Bonchev–Trinajstić information content (AvgIpc) is 2.81. The highest BCUT2D eigenvalue weighted by atomic mass is 16.5. The molecular weight excluding hydrogens is 294 g/mol. The molecule has 0 radical (unpaired) electrons. The summed E-state index contributed by atoms with van der Waals surface area (Å²) in [5.74, 6) is -0.916. The van der Waals surface area contributed by atoms with Crippen LogP contribution in [0.3, 0.4) is 0 Å². The van der Waals surface area contributed by atoms with Gasteiger partial charge < -0.3 is 14.5 Å². The van der Waals surface area contributed by atoms with Gasteiger partial charge in [0.2, 0.25) is 0 Å². The largest absolute Gasteiger partial charge is 0.462 e. The molecule has 0 aliphatic heterocycles. The van der Waals surface area contributed by atoms with Crippen LogP contribution in [-0.4, -0.2) is 23.5 Å². The molecule has 5 nitrogen and oxygen atoms in total. The molecule has 0 aliphatic rings. The normalized spacial score (nSPS) is 10.4. The Bertz CT molecular complexity index is 731. The van der Waals surface area contributed by atoms with Gasteiger partial charge in [0, 0.05) is 5.69 Å². The summed E-state index contributed by atoms with van der Waals surface area (Å²) in [6.07, 6.45) is 0. The number of hydrogen-bond acceptors (Lipinski definition) is 4. The number of aromatic amines is 1. The Morgan fingerprint density at radius 3 is 2.39 bits per heavy atom. The molecule has 122 valence electrons.